The topological polar surface area (TPSA) is 51.4 Å². The van der Waals surface area contributed by atoms with Crippen LogP contribution >= 0.6 is 12.2 Å². The molecule has 2 heterocycles. The van der Waals surface area contributed by atoms with E-state index in [0.29, 0.717) is 10.8 Å². The van der Waals surface area contributed by atoms with Gasteiger partial charge in [-0.05, 0) is 26.1 Å². The summed E-state index contributed by atoms with van der Waals surface area (Å²) in [5.41, 5.74) is 1.92. The van der Waals surface area contributed by atoms with E-state index < -0.39 is 0 Å². The molecular formula is C14H15N5S. The van der Waals surface area contributed by atoms with Crippen molar-refractivity contribution in [1.82, 2.24) is 24.5 Å². The molecule has 0 saturated heterocycles. The van der Waals surface area contributed by atoms with Crippen LogP contribution in [0.4, 0.5) is 0 Å². The van der Waals surface area contributed by atoms with E-state index >= 15 is 0 Å². The molecule has 2 aromatic heterocycles. The summed E-state index contributed by atoms with van der Waals surface area (Å²) in [6.07, 6.45) is 3.78. The first-order chi connectivity index (χ1) is 9.66. The van der Waals surface area contributed by atoms with Crippen molar-refractivity contribution in [1.29, 1.82) is 0 Å². The van der Waals surface area contributed by atoms with Gasteiger partial charge < -0.3 is 0 Å². The Morgan fingerprint density at radius 2 is 1.95 bits per heavy atom. The van der Waals surface area contributed by atoms with Crippen molar-refractivity contribution in [3.8, 4) is 17.1 Å². The van der Waals surface area contributed by atoms with Gasteiger partial charge in [0.2, 0.25) is 0 Å². The normalized spacial score (nSPS) is 11.2. The third-order valence-corrected chi connectivity index (χ3v) is 3.35. The van der Waals surface area contributed by atoms with Gasteiger partial charge >= 0.3 is 0 Å². The third-order valence-electron chi connectivity index (χ3n) is 3.08. The van der Waals surface area contributed by atoms with Crippen LogP contribution < -0.4 is 0 Å². The van der Waals surface area contributed by atoms with Gasteiger partial charge in [-0.1, -0.05) is 30.3 Å². The molecule has 0 aliphatic heterocycles. The molecule has 0 aliphatic rings. The Balaban J connectivity index is 2.14. The van der Waals surface area contributed by atoms with Crippen LogP contribution in [0.15, 0.2) is 42.7 Å². The predicted octanol–water partition coefficient (Wildman–Crippen LogP) is 3.37. The first kappa shape index (κ1) is 12.8. The number of aromatic nitrogens is 5. The highest BCUT2D eigenvalue weighted by Crippen LogP contribution is 2.21. The molecule has 0 spiro atoms. The molecule has 3 rings (SSSR count). The van der Waals surface area contributed by atoms with Crippen molar-refractivity contribution in [3.63, 3.8) is 0 Å². The lowest BCUT2D eigenvalue weighted by atomic mass is 10.2. The summed E-state index contributed by atoms with van der Waals surface area (Å²) in [6.45, 7) is 4.17. The fourth-order valence-corrected chi connectivity index (χ4v) is 2.28. The van der Waals surface area contributed by atoms with Gasteiger partial charge in [0.25, 0.3) is 0 Å². The van der Waals surface area contributed by atoms with Crippen LogP contribution in [-0.4, -0.2) is 24.5 Å². The van der Waals surface area contributed by atoms with Gasteiger partial charge in [-0.3, -0.25) is 14.3 Å². The maximum absolute atomic E-state index is 5.34. The van der Waals surface area contributed by atoms with E-state index in [1.807, 2.05) is 45.8 Å². The van der Waals surface area contributed by atoms with Crippen molar-refractivity contribution in [2.24, 2.45) is 0 Å². The van der Waals surface area contributed by atoms with Gasteiger partial charge in [0.1, 0.15) is 0 Å². The van der Waals surface area contributed by atoms with Crippen LogP contribution in [0.5, 0.6) is 0 Å². The van der Waals surface area contributed by atoms with E-state index in [4.69, 9.17) is 12.2 Å². The molecule has 6 heteroatoms. The van der Waals surface area contributed by atoms with Crippen LogP contribution in [0, 0.1) is 4.77 Å². The molecular weight excluding hydrogens is 270 g/mol. The van der Waals surface area contributed by atoms with Crippen molar-refractivity contribution in [3.05, 3.63) is 47.5 Å². The van der Waals surface area contributed by atoms with E-state index in [1.165, 1.54) is 0 Å². The van der Waals surface area contributed by atoms with Gasteiger partial charge in [0, 0.05) is 17.8 Å². The van der Waals surface area contributed by atoms with Crippen LogP contribution in [-0.2, 0) is 0 Å². The molecule has 0 radical (unpaired) electrons. The Hall–Kier alpha value is -2.21. The minimum atomic E-state index is 0.310. The smallest absolute Gasteiger partial charge is 0.200 e. The molecule has 1 aromatic carbocycles. The Bertz CT molecular complexity index is 766. The summed E-state index contributed by atoms with van der Waals surface area (Å²) in [5, 5.41) is 11.5. The van der Waals surface area contributed by atoms with Gasteiger partial charge in [0.15, 0.2) is 10.6 Å². The summed E-state index contributed by atoms with van der Waals surface area (Å²) in [6, 6.07) is 10.3. The maximum Gasteiger partial charge on any atom is 0.200 e. The molecule has 5 nitrogen and oxygen atoms in total. The number of rotatable bonds is 3. The molecule has 20 heavy (non-hydrogen) atoms. The third kappa shape index (κ3) is 2.18. The van der Waals surface area contributed by atoms with Crippen LogP contribution in [0.2, 0.25) is 0 Å². The monoisotopic (exact) mass is 285 g/mol. The van der Waals surface area contributed by atoms with Crippen molar-refractivity contribution < 1.29 is 0 Å². The Morgan fingerprint density at radius 3 is 2.60 bits per heavy atom. The Kier molecular flexibility index (Phi) is 3.23. The molecule has 0 bridgehead atoms. The van der Waals surface area contributed by atoms with Crippen molar-refractivity contribution in [2.45, 2.75) is 19.9 Å². The molecule has 0 aliphatic carbocycles. The lowest BCUT2D eigenvalue weighted by molar-refractivity contribution is 0.532. The van der Waals surface area contributed by atoms with Gasteiger partial charge in [-0.2, -0.15) is 10.2 Å². The standard InChI is InChI=1S/C14H15N5S/c1-10(2)18-9-12(8-15-18)19-13(16-17-14(19)20)11-6-4-3-5-7-11/h3-10H,1-2H3,(H,17,20). The zero-order valence-corrected chi connectivity index (χ0v) is 12.1. The van der Waals surface area contributed by atoms with Gasteiger partial charge in [-0.25, -0.2) is 0 Å². The number of nitrogens with zero attached hydrogens (tertiary/aromatic N) is 4. The molecule has 0 atom stereocenters. The average molecular weight is 285 g/mol. The largest absolute Gasteiger partial charge is 0.268 e. The quantitative estimate of drug-likeness (QED) is 0.751. The van der Waals surface area contributed by atoms with E-state index in [1.54, 1.807) is 6.20 Å². The van der Waals surface area contributed by atoms with E-state index in [0.717, 1.165) is 17.1 Å². The maximum atomic E-state index is 5.34. The van der Waals surface area contributed by atoms with E-state index in [9.17, 15) is 0 Å². The second kappa shape index (κ2) is 5.05. The fourth-order valence-electron chi connectivity index (χ4n) is 2.04. The molecule has 0 amide bonds. The van der Waals surface area contributed by atoms with Crippen LogP contribution in [0.25, 0.3) is 17.1 Å². The molecule has 0 fully saturated rings. The highest BCUT2D eigenvalue weighted by Gasteiger charge is 2.12. The van der Waals surface area contributed by atoms with E-state index in [2.05, 4.69) is 29.1 Å². The summed E-state index contributed by atoms with van der Waals surface area (Å²) in [4.78, 5) is 0. The summed E-state index contributed by atoms with van der Waals surface area (Å²) in [7, 11) is 0. The van der Waals surface area contributed by atoms with Crippen molar-refractivity contribution >= 4 is 12.2 Å². The highest BCUT2D eigenvalue weighted by molar-refractivity contribution is 7.71. The second-order valence-corrected chi connectivity index (χ2v) is 5.21. The number of benzene rings is 1. The Morgan fingerprint density at radius 1 is 1.20 bits per heavy atom. The summed E-state index contributed by atoms with van der Waals surface area (Å²) >= 11 is 5.34. The number of hydrogen-bond donors (Lipinski definition) is 1. The number of nitrogens with one attached hydrogen (secondary N) is 1. The lowest BCUT2D eigenvalue weighted by Gasteiger charge is -2.05. The SMILES string of the molecule is CC(C)n1cc(-n2c(-c3ccccc3)n[nH]c2=S)cn1. The van der Waals surface area contributed by atoms with Gasteiger partial charge in [0.05, 0.1) is 11.9 Å². The Labute approximate surface area is 121 Å². The summed E-state index contributed by atoms with van der Waals surface area (Å²) in [5.74, 6) is 0.791. The average Bonchev–Trinajstić information content (AvgIpc) is 3.06. The van der Waals surface area contributed by atoms with Crippen LogP contribution in [0.1, 0.15) is 19.9 Å². The number of aromatic amines is 1. The zero-order valence-electron chi connectivity index (χ0n) is 11.3. The molecule has 102 valence electrons. The zero-order chi connectivity index (χ0) is 14.1. The molecule has 1 N–H and O–H groups in total. The minimum Gasteiger partial charge on any atom is -0.268 e. The first-order valence-electron chi connectivity index (χ1n) is 6.44. The van der Waals surface area contributed by atoms with E-state index in [-0.39, 0.29) is 0 Å². The second-order valence-electron chi connectivity index (χ2n) is 4.83. The minimum absolute atomic E-state index is 0.310. The highest BCUT2D eigenvalue weighted by atomic mass is 32.1. The van der Waals surface area contributed by atoms with Crippen LogP contribution in [0.3, 0.4) is 0 Å². The lowest BCUT2D eigenvalue weighted by Crippen LogP contribution is -2.00. The fraction of sp³-hybridized carbons (Fsp3) is 0.214. The van der Waals surface area contributed by atoms with Crippen molar-refractivity contribution in [2.75, 3.05) is 0 Å². The molecule has 3 aromatic rings. The number of hydrogen-bond acceptors (Lipinski definition) is 3. The first-order valence-corrected chi connectivity index (χ1v) is 6.85. The molecule has 0 unspecified atom stereocenters. The number of H-pyrrole nitrogens is 1. The molecule has 0 saturated carbocycles. The van der Waals surface area contributed by atoms with Gasteiger partial charge in [-0.15, -0.1) is 0 Å². The summed E-state index contributed by atoms with van der Waals surface area (Å²) < 4.78 is 4.36. The predicted molar refractivity (Wildman–Crippen MR) is 80.4 cm³/mol.